The van der Waals surface area contributed by atoms with Gasteiger partial charge in [-0.3, -0.25) is 9.36 Å². The zero-order valence-corrected chi connectivity index (χ0v) is 24.2. The molecule has 2 heterocycles. The minimum Gasteiger partial charge on any atom is -0.489 e. The highest BCUT2D eigenvalue weighted by atomic mass is 32.1. The van der Waals surface area contributed by atoms with Crippen LogP contribution in [0.4, 0.5) is 0 Å². The molecule has 0 spiro atoms. The van der Waals surface area contributed by atoms with E-state index in [2.05, 4.69) is 11.6 Å². The number of esters is 1. The van der Waals surface area contributed by atoms with Gasteiger partial charge in [0, 0.05) is 0 Å². The van der Waals surface area contributed by atoms with Crippen molar-refractivity contribution in [1.29, 1.82) is 0 Å². The van der Waals surface area contributed by atoms with Crippen molar-refractivity contribution in [2.45, 2.75) is 39.8 Å². The van der Waals surface area contributed by atoms with Gasteiger partial charge < -0.3 is 9.47 Å². The molecule has 0 fully saturated rings. The third-order valence-corrected chi connectivity index (χ3v) is 7.88. The minimum absolute atomic E-state index is 0.205. The summed E-state index contributed by atoms with van der Waals surface area (Å²) in [7, 11) is 0. The number of allylic oxidation sites excluding steroid dienone is 2. The van der Waals surface area contributed by atoms with Gasteiger partial charge in [0.25, 0.3) is 5.56 Å². The van der Waals surface area contributed by atoms with E-state index in [0.717, 1.165) is 33.6 Å². The van der Waals surface area contributed by atoms with Gasteiger partial charge in [0.1, 0.15) is 12.4 Å². The molecule has 7 heteroatoms. The van der Waals surface area contributed by atoms with Crippen LogP contribution in [0.3, 0.4) is 0 Å². The molecule has 0 radical (unpaired) electrons. The van der Waals surface area contributed by atoms with Crippen LogP contribution in [0.25, 0.3) is 6.08 Å². The van der Waals surface area contributed by atoms with E-state index >= 15 is 0 Å². The van der Waals surface area contributed by atoms with Crippen molar-refractivity contribution in [2.24, 2.45) is 4.99 Å². The zero-order valence-electron chi connectivity index (χ0n) is 23.4. The number of fused-ring (bicyclic) bond motifs is 1. The first-order valence-electron chi connectivity index (χ1n) is 13.6. The Labute approximate surface area is 243 Å². The Kier molecular flexibility index (Phi) is 8.45. The molecule has 208 valence electrons. The van der Waals surface area contributed by atoms with Gasteiger partial charge >= 0.3 is 5.97 Å². The van der Waals surface area contributed by atoms with Crippen molar-refractivity contribution in [3.05, 3.63) is 144 Å². The average molecular weight is 565 g/mol. The van der Waals surface area contributed by atoms with Gasteiger partial charge in [-0.2, -0.15) is 0 Å². The largest absolute Gasteiger partial charge is 0.489 e. The van der Waals surface area contributed by atoms with Crippen molar-refractivity contribution >= 4 is 23.4 Å². The fourth-order valence-corrected chi connectivity index (χ4v) is 5.93. The summed E-state index contributed by atoms with van der Waals surface area (Å²) < 4.78 is 13.6. The second-order valence-corrected chi connectivity index (χ2v) is 10.9. The van der Waals surface area contributed by atoms with Crippen LogP contribution in [0.5, 0.6) is 5.75 Å². The Morgan fingerprint density at radius 2 is 1.83 bits per heavy atom. The maximum atomic E-state index is 13.9. The van der Waals surface area contributed by atoms with Gasteiger partial charge in [-0.1, -0.05) is 83.6 Å². The van der Waals surface area contributed by atoms with Crippen LogP contribution in [0.15, 0.2) is 107 Å². The van der Waals surface area contributed by atoms with Crippen molar-refractivity contribution in [1.82, 2.24) is 4.57 Å². The molecule has 0 saturated heterocycles. The third-order valence-electron chi connectivity index (χ3n) is 6.89. The topological polar surface area (TPSA) is 69.9 Å². The lowest BCUT2D eigenvalue weighted by atomic mass is 9.95. The molecule has 6 nitrogen and oxygen atoms in total. The fourth-order valence-electron chi connectivity index (χ4n) is 4.89. The summed E-state index contributed by atoms with van der Waals surface area (Å²) >= 11 is 1.31. The molecule has 1 aromatic heterocycles. The summed E-state index contributed by atoms with van der Waals surface area (Å²) in [5.41, 5.74) is 5.58. The predicted molar refractivity (Wildman–Crippen MR) is 163 cm³/mol. The molecule has 0 saturated carbocycles. The summed E-state index contributed by atoms with van der Waals surface area (Å²) in [4.78, 5) is 32.2. The Balaban J connectivity index is 1.56. The van der Waals surface area contributed by atoms with E-state index in [1.165, 1.54) is 11.3 Å². The molecule has 0 N–H and O–H groups in total. The molecular weight excluding hydrogens is 532 g/mol. The normalized spacial score (nSPS) is 14.8. The zero-order chi connectivity index (χ0) is 28.9. The van der Waals surface area contributed by atoms with E-state index in [0.29, 0.717) is 33.6 Å². The Bertz CT molecular complexity index is 1800. The van der Waals surface area contributed by atoms with Gasteiger partial charge in [-0.25, -0.2) is 9.79 Å². The predicted octanol–water partition coefficient (Wildman–Crippen LogP) is 5.41. The van der Waals surface area contributed by atoms with Crippen molar-refractivity contribution in [3.8, 4) is 5.75 Å². The molecule has 0 amide bonds. The molecule has 5 rings (SSSR count). The van der Waals surface area contributed by atoms with Gasteiger partial charge in [0.2, 0.25) is 0 Å². The van der Waals surface area contributed by atoms with E-state index in [9.17, 15) is 9.59 Å². The van der Waals surface area contributed by atoms with E-state index < -0.39 is 12.0 Å². The smallest absolute Gasteiger partial charge is 0.338 e. The van der Waals surface area contributed by atoms with Gasteiger partial charge in [0.15, 0.2) is 4.80 Å². The van der Waals surface area contributed by atoms with Crippen LogP contribution in [0.1, 0.15) is 47.7 Å². The van der Waals surface area contributed by atoms with Gasteiger partial charge in [-0.15, -0.1) is 6.58 Å². The number of thiazole rings is 1. The van der Waals surface area contributed by atoms with Gasteiger partial charge in [0.05, 0.1) is 28.5 Å². The first kappa shape index (κ1) is 28.1. The van der Waals surface area contributed by atoms with Crippen molar-refractivity contribution in [2.75, 3.05) is 6.61 Å². The molecule has 4 aromatic rings. The number of hydrogen-bond donors (Lipinski definition) is 0. The number of ether oxygens (including phenoxy) is 2. The Hall–Kier alpha value is -4.49. The minimum atomic E-state index is -0.627. The lowest BCUT2D eigenvalue weighted by molar-refractivity contribution is -0.139. The number of aryl methyl sites for hydroxylation is 1. The third kappa shape index (κ3) is 6.00. The second-order valence-electron chi connectivity index (χ2n) is 9.85. The van der Waals surface area contributed by atoms with Crippen LogP contribution in [-0.2, 0) is 22.6 Å². The van der Waals surface area contributed by atoms with Gasteiger partial charge in [-0.05, 0) is 67.7 Å². The summed E-state index contributed by atoms with van der Waals surface area (Å²) in [5, 5.41) is 0. The standard InChI is InChI=1S/C34H32N2O4S/c1-5-10-27-19-25(15-18-28(27)40-21-24-11-8-7-9-12-24)20-29-32(37)36-31(26-16-13-22(3)14-17-26)30(33(38)39-6-2)23(4)35-34(36)41-29/h5,7-9,11-20,31H,1,6,10,21H2,2-4H3/b29-20+/t31-/m1/s1. The molecule has 3 aromatic carbocycles. The number of aromatic nitrogens is 1. The molecule has 1 aliphatic rings. The summed E-state index contributed by atoms with van der Waals surface area (Å²) in [6, 6.07) is 23.1. The van der Waals surface area contributed by atoms with Crippen LogP contribution >= 0.6 is 11.3 Å². The number of carbonyl (C=O) groups is 1. The fraction of sp³-hybridized carbons (Fsp3) is 0.206. The highest BCUT2D eigenvalue weighted by Gasteiger charge is 2.33. The summed E-state index contributed by atoms with van der Waals surface area (Å²) in [6.07, 6.45) is 4.33. The monoisotopic (exact) mass is 564 g/mol. The van der Waals surface area contributed by atoms with E-state index in [4.69, 9.17) is 9.47 Å². The van der Waals surface area contributed by atoms with E-state index in [1.807, 2.05) is 91.9 Å². The molecular formula is C34H32N2O4S. The molecule has 41 heavy (non-hydrogen) atoms. The Morgan fingerprint density at radius 3 is 2.54 bits per heavy atom. The number of nitrogens with zero attached hydrogens (tertiary/aromatic N) is 2. The lowest BCUT2D eigenvalue weighted by Crippen LogP contribution is -2.39. The molecule has 0 unspecified atom stereocenters. The Morgan fingerprint density at radius 1 is 1.07 bits per heavy atom. The molecule has 0 aliphatic carbocycles. The van der Waals surface area contributed by atoms with Crippen LogP contribution in [0.2, 0.25) is 0 Å². The summed E-state index contributed by atoms with van der Waals surface area (Å²) in [6.45, 7) is 10.2. The molecule has 1 atom stereocenters. The van der Waals surface area contributed by atoms with Crippen LogP contribution in [0, 0.1) is 6.92 Å². The lowest BCUT2D eigenvalue weighted by Gasteiger charge is -2.24. The van der Waals surface area contributed by atoms with Crippen molar-refractivity contribution < 1.29 is 14.3 Å². The van der Waals surface area contributed by atoms with Crippen molar-refractivity contribution in [3.63, 3.8) is 0 Å². The quantitative estimate of drug-likeness (QED) is 0.201. The number of rotatable bonds is 9. The second kappa shape index (κ2) is 12.4. The number of hydrogen-bond acceptors (Lipinski definition) is 6. The average Bonchev–Trinajstić information content (AvgIpc) is 3.27. The van der Waals surface area contributed by atoms with E-state index in [1.54, 1.807) is 18.4 Å². The maximum Gasteiger partial charge on any atom is 0.338 e. The highest BCUT2D eigenvalue weighted by molar-refractivity contribution is 7.07. The summed E-state index contributed by atoms with van der Waals surface area (Å²) in [5.74, 6) is 0.315. The van der Waals surface area contributed by atoms with E-state index in [-0.39, 0.29) is 12.2 Å². The highest BCUT2D eigenvalue weighted by Crippen LogP contribution is 2.31. The SMILES string of the molecule is C=CCc1cc(/C=c2/sc3n(c2=O)[C@H](c2ccc(C)cc2)C(C(=O)OCC)=C(C)N=3)ccc1OCc1ccccc1. The molecule has 1 aliphatic heterocycles. The maximum absolute atomic E-state index is 13.9. The van der Waals surface area contributed by atoms with Crippen LogP contribution < -0.4 is 19.6 Å². The number of carbonyl (C=O) groups excluding carboxylic acids is 1. The molecule has 0 bridgehead atoms. The number of benzene rings is 3. The first-order chi connectivity index (χ1) is 19.9. The first-order valence-corrected chi connectivity index (χ1v) is 14.4. The van der Waals surface area contributed by atoms with Crippen LogP contribution in [-0.4, -0.2) is 17.1 Å².